The maximum absolute atomic E-state index is 5.78. The highest BCUT2D eigenvalue weighted by molar-refractivity contribution is 5.56. The van der Waals surface area contributed by atoms with Gasteiger partial charge in [-0.15, -0.1) is 0 Å². The van der Waals surface area contributed by atoms with Crippen molar-refractivity contribution in [3.05, 3.63) is 54.9 Å². The van der Waals surface area contributed by atoms with Gasteiger partial charge in [-0.05, 0) is 24.3 Å². The second-order valence-corrected chi connectivity index (χ2v) is 5.51. The standard InChI is InChI=1S/C19H17N3O4/c1-23-14-4-2-3-13(9-14)22-19-20-11-16(12-21-19)26-15-5-6-17-18(10-15)25-8-7-24-17/h2-6,9-12H,7-8H2,1H3,(H,20,21,22). The molecule has 0 spiro atoms. The molecule has 0 radical (unpaired) electrons. The number of rotatable bonds is 5. The Labute approximate surface area is 150 Å². The lowest BCUT2D eigenvalue weighted by molar-refractivity contribution is 0.171. The smallest absolute Gasteiger partial charge is 0.227 e. The predicted octanol–water partition coefficient (Wildman–Crippen LogP) is 3.79. The van der Waals surface area contributed by atoms with Gasteiger partial charge in [0.15, 0.2) is 17.2 Å². The number of fused-ring (bicyclic) bond motifs is 1. The van der Waals surface area contributed by atoms with Crippen LogP contribution in [0.2, 0.25) is 0 Å². The fourth-order valence-electron chi connectivity index (χ4n) is 2.49. The minimum absolute atomic E-state index is 0.466. The molecule has 0 unspecified atom stereocenters. The highest BCUT2D eigenvalue weighted by Gasteiger charge is 2.12. The van der Waals surface area contributed by atoms with E-state index in [1.54, 1.807) is 25.6 Å². The van der Waals surface area contributed by atoms with Gasteiger partial charge in [-0.25, -0.2) is 9.97 Å². The number of hydrogen-bond donors (Lipinski definition) is 1. The third-order valence-corrected chi connectivity index (χ3v) is 3.70. The molecule has 7 nitrogen and oxygen atoms in total. The largest absolute Gasteiger partial charge is 0.497 e. The third kappa shape index (κ3) is 3.61. The van der Waals surface area contributed by atoms with Crippen molar-refractivity contribution in [1.82, 2.24) is 9.97 Å². The summed E-state index contributed by atoms with van der Waals surface area (Å²) in [6, 6.07) is 13.0. The maximum atomic E-state index is 5.78. The van der Waals surface area contributed by atoms with E-state index >= 15 is 0 Å². The number of nitrogens with one attached hydrogen (secondary N) is 1. The van der Waals surface area contributed by atoms with Gasteiger partial charge < -0.3 is 24.3 Å². The normalized spacial score (nSPS) is 12.3. The Morgan fingerprint density at radius 2 is 1.69 bits per heavy atom. The van der Waals surface area contributed by atoms with Crippen LogP contribution in [0.3, 0.4) is 0 Å². The van der Waals surface area contributed by atoms with Gasteiger partial charge in [0.1, 0.15) is 24.7 Å². The Hall–Kier alpha value is -3.48. The van der Waals surface area contributed by atoms with Crippen molar-refractivity contribution in [2.45, 2.75) is 0 Å². The molecule has 1 N–H and O–H groups in total. The number of aromatic nitrogens is 2. The molecule has 2 aromatic carbocycles. The Bertz CT molecular complexity index is 900. The van der Waals surface area contributed by atoms with Gasteiger partial charge in [-0.1, -0.05) is 6.07 Å². The molecule has 0 amide bonds. The van der Waals surface area contributed by atoms with E-state index in [1.165, 1.54) is 0 Å². The lowest BCUT2D eigenvalue weighted by Crippen LogP contribution is -2.15. The lowest BCUT2D eigenvalue weighted by atomic mass is 10.3. The molecule has 2 heterocycles. The molecule has 0 saturated heterocycles. The Kier molecular flexibility index (Phi) is 4.42. The summed E-state index contributed by atoms with van der Waals surface area (Å²) in [5.74, 6) is 3.77. The lowest BCUT2D eigenvalue weighted by Gasteiger charge is -2.18. The van der Waals surface area contributed by atoms with Crippen LogP contribution in [-0.2, 0) is 0 Å². The first kappa shape index (κ1) is 16.0. The van der Waals surface area contributed by atoms with Gasteiger partial charge in [0.05, 0.1) is 19.5 Å². The third-order valence-electron chi connectivity index (χ3n) is 3.70. The van der Waals surface area contributed by atoms with Crippen molar-refractivity contribution in [3.63, 3.8) is 0 Å². The number of benzene rings is 2. The molecule has 26 heavy (non-hydrogen) atoms. The molecule has 0 bridgehead atoms. The monoisotopic (exact) mass is 351 g/mol. The summed E-state index contributed by atoms with van der Waals surface area (Å²) < 4.78 is 22.0. The molecule has 1 aliphatic rings. The van der Waals surface area contributed by atoms with E-state index in [0.717, 1.165) is 17.2 Å². The molecule has 0 aliphatic carbocycles. The molecule has 1 aliphatic heterocycles. The number of ether oxygens (including phenoxy) is 4. The zero-order chi connectivity index (χ0) is 17.8. The molecule has 4 rings (SSSR count). The second-order valence-electron chi connectivity index (χ2n) is 5.51. The highest BCUT2D eigenvalue weighted by atomic mass is 16.6. The van der Waals surface area contributed by atoms with Gasteiger partial charge in [0.2, 0.25) is 5.95 Å². The number of nitrogens with zero attached hydrogens (tertiary/aromatic N) is 2. The van der Waals surface area contributed by atoms with Gasteiger partial charge in [0, 0.05) is 17.8 Å². The van der Waals surface area contributed by atoms with Gasteiger partial charge in [-0.2, -0.15) is 0 Å². The fourth-order valence-corrected chi connectivity index (χ4v) is 2.49. The molecular formula is C19H17N3O4. The average molecular weight is 351 g/mol. The highest BCUT2D eigenvalue weighted by Crippen LogP contribution is 2.35. The van der Waals surface area contributed by atoms with Crippen molar-refractivity contribution in [1.29, 1.82) is 0 Å². The molecule has 0 saturated carbocycles. The minimum atomic E-state index is 0.466. The fraction of sp³-hybridized carbons (Fsp3) is 0.158. The molecular weight excluding hydrogens is 334 g/mol. The summed E-state index contributed by atoms with van der Waals surface area (Å²) in [6.45, 7) is 1.09. The number of hydrogen-bond acceptors (Lipinski definition) is 7. The molecule has 0 fully saturated rings. The zero-order valence-electron chi connectivity index (χ0n) is 14.1. The van der Waals surface area contributed by atoms with Crippen LogP contribution in [0, 0.1) is 0 Å². The van der Waals surface area contributed by atoms with Crippen molar-refractivity contribution in [2.75, 3.05) is 25.6 Å². The Balaban J connectivity index is 1.44. The number of methoxy groups -OCH3 is 1. The van der Waals surface area contributed by atoms with Gasteiger partial charge in [-0.3, -0.25) is 0 Å². The first-order chi connectivity index (χ1) is 12.8. The van der Waals surface area contributed by atoms with E-state index in [1.807, 2.05) is 36.4 Å². The summed E-state index contributed by atoms with van der Waals surface area (Å²) in [7, 11) is 1.62. The number of anilines is 2. The van der Waals surface area contributed by atoms with Crippen molar-refractivity contribution in [2.24, 2.45) is 0 Å². The topological polar surface area (TPSA) is 74.7 Å². The van der Waals surface area contributed by atoms with Crippen LogP contribution in [0.15, 0.2) is 54.9 Å². The Morgan fingerprint density at radius 1 is 0.885 bits per heavy atom. The first-order valence-electron chi connectivity index (χ1n) is 8.11. The summed E-state index contributed by atoms with van der Waals surface area (Å²) >= 11 is 0. The summed E-state index contributed by atoms with van der Waals surface area (Å²) in [5.41, 5.74) is 0.838. The van der Waals surface area contributed by atoms with Crippen molar-refractivity contribution < 1.29 is 18.9 Å². The van der Waals surface area contributed by atoms with Crippen LogP contribution < -0.4 is 24.3 Å². The van der Waals surface area contributed by atoms with E-state index in [2.05, 4.69) is 15.3 Å². The maximum Gasteiger partial charge on any atom is 0.227 e. The van der Waals surface area contributed by atoms with Crippen LogP contribution in [0.4, 0.5) is 11.6 Å². The van der Waals surface area contributed by atoms with Crippen LogP contribution in [0.5, 0.6) is 28.7 Å². The van der Waals surface area contributed by atoms with Crippen LogP contribution in [-0.4, -0.2) is 30.3 Å². The molecule has 132 valence electrons. The second kappa shape index (κ2) is 7.18. The van der Waals surface area contributed by atoms with E-state index in [4.69, 9.17) is 18.9 Å². The summed E-state index contributed by atoms with van der Waals surface area (Å²) in [6.07, 6.45) is 3.21. The minimum Gasteiger partial charge on any atom is -0.497 e. The molecule has 3 aromatic rings. The molecule has 7 heteroatoms. The SMILES string of the molecule is COc1cccc(Nc2ncc(Oc3ccc4c(c3)OCCO4)cn2)c1. The Morgan fingerprint density at radius 3 is 2.50 bits per heavy atom. The summed E-state index contributed by atoms with van der Waals surface area (Å²) in [5, 5.41) is 3.12. The van der Waals surface area contributed by atoms with Gasteiger partial charge in [0.25, 0.3) is 0 Å². The predicted molar refractivity (Wildman–Crippen MR) is 95.8 cm³/mol. The van der Waals surface area contributed by atoms with Crippen LogP contribution in [0.25, 0.3) is 0 Å². The quantitative estimate of drug-likeness (QED) is 0.749. The zero-order valence-corrected chi connectivity index (χ0v) is 14.1. The average Bonchev–Trinajstić information content (AvgIpc) is 2.69. The van der Waals surface area contributed by atoms with E-state index in [0.29, 0.717) is 36.4 Å². The van der Waals surface area contributed by atoms with E-state index < -0.39 is 0 Å². The summed E-state index contributed by atoms with van der Waals surface area (Å²) in [4.78, 5) is 8.54. The van der Waals surface area contributed by atoms with Gasteiger partial charge >= 0.3 is 0 Å². The van der Waals surface area contributed by atoms with Crippen LogP contribution in [0.1, 0.15) is 0 Å². The molecule has 1 aromatic heterocycles. The van der Waals surface area contributed by atoms with Crippen LogP contribution >= 0.6 is 0 Å². The van der Waals surface area contributed by atoms with Crippen molar-refractivity contribution in [3.8, 4) is 28.7 Å². The molecule has 0 atom stereocenters. The first-order valence-corrected chi connectivity index (χ1v) is 8.11. The van der Waals surface area contributed by atoms with E-state index in [-0.39, 0.29) is 0 Å². The van der Waals surface area contributed by atoms with Crippen molar-refractivity contribution >= 4 is 11.6 Å². The van der Waals surface area contributed by atoms with E-state index in [9.17, 15) is 0 Å².